The average Bonchev–Trinajstić information content (AvgIpc) is 2.97. The summed E-state index contributed by atoms with van der Waals surface area (Å²) in [6, 6.07) is 15.5. The van der Waals surface area contributed by atoms with Crippen molar-refractivity contribution in [3.05, 3.63) is 88.6 Å². The number of benzene rings is 2. The maximum atomic E-state index is 15.7. The van der Waals surface area contributed by atoms with Gasteiger partial charge in [-0.1, -0.05) is 32.0 Å². The molecule has 0 radical (unpaired) electrons. The van der Waals surface area contributed by atoms with E-state index in [9.17, 15) is 13.6 Å². The summed E-state index contributed by atoms with van der Waals surface area (Å²) >= 11 is 5.26. The summed E-state index contributed by atoms with van der Waals surface area (Å²) in [6.45, 7) is 8.30. The van der Waals surface area contributed by atoms with Crippen LogP contribution in [0.4, 0.5) is 24.7 Å². The molecule has 2 aromatic carbocycles. The van der Waals surface area contributed by atoms with Crippen molar-refractivity contribution in [3.63, 3.8) is 0 Å². The minimum atomic E-state index is -4.14. The molecular weight excluding hydrogens is 555 g/mol. The van der Waals surface area contributed by atoms with Gasteiger partial charge in [-0.2, -0.15) is 0 Å². The number of rotatable bonds is 9. The van der Waals surface area contributed by atoms with E-state index in [4.69, 9.17) is 16.3 Å². The molecule has 216 valence electrons. The van der Waals surface area contributed by atoms with Crippen LogP contribution >= 0.6 is 11.6 Å². The van der Waals surface area contributed by atoms with Crippen molar-refractivity contribution in [1.82, 2.24) is 14.5 Å². The van der Waals surface area contributed by atoms with Crippen molar-refractivity contribution in [3.8, 4) is 11.4 Å². The second kappa shape index (κ2) is 12.0. The van der Waals surface area contributed by atoms with Gasteiger partial charge in [0.2, 0.25) is 0 Å². The molecule has 0 saturated carbocycles. The summed E-state index contributed by atoms with van der Waals surface area (Å²) in [7, 11) is 0. The standard InChI is InChI=1S/C30H31ClF3N5O2/c1-3-36(4-2)20-21-8-10-22(11-9-21)39-14-12-25(40)23-19-24(32)28(29(27(23)39)41-30(31,33)34)38-17-15-37(16-18-38)26-7-5-6-13-35-26/h5-14,19H,3-4,15-18,20H2,1-2H3. The van der Waals surface area contributed by atoms with Crippen LogP contribution in [0, 0.1) is 5.82 Å². The van der Waals surface area contributed by atoms with Crippen molar-refractivity contribution in [1.29, 1.82) is 0 Å². The minimum absolute atomic E-state index is 0.0119. The number of nitrogens with zero attached hydrogens (tertiary/aromatic N) is 5. The topological polar surface area (TPSA) is 53.8 Å². The fraction of sp³-hybridized carbons (Fsp3) is 0.333. The van der Waals surface area contributed by atoms with Crippen LogP contribution in [0.25, 0.3) is 16.6 Å². The first-order valence-corrected chi connectivity index (χ1v) is 13.9. The van der Waals surface area contributed by atoms with Crippen LogP contribution in [-0.4, -0.2) is 59.3 Å². The van der Waals surface area contributed by atoms with Gasteiger partial charge in [0.05, 0.1) is 5.39 Å². The summed E-state index contributed by atoms with van der Waals surface area (Å²) in [5.41, 5.74) is -3.16. The summed E-state index contributed by atoms with van der Waals surface area (Å²) in [5.74, 6) is -0.562. The van der Waals surface area contributed by atoms with E-state index in [2.05, 4.69) is 23.7 Å². The Bertz CT molecular complexity index is 1550. The second-order valence-electron chi connectivity index (χ2n) is 9.82. The lowest BCUT2D eigenvalue weighted by Gasteiger charge is -2.37. The number of hydrogen-bond donors (Lipinski definition) is 0. The van der Waals surface area contributed by atoms with E-state index >= 15 is 4.39 Å². The van der Waals surface area contributed by atoms with Gasteiger partial charge in [0, 0.05) is 68.5 Å². The normalized spacial score (nSPS) is 14.2. The fourth-order valence-corrected chi connectivity index (χ4v) is 5.31. The van der Waals surface area contributed by atoms with E-state index in [1.807, 2.05) is 47.4 Å². The first-order valence-electron chi connectivity index (χ1n) is 13.5. The van der Waals surface area contributed by atoms with E-state index in [0.29, 0.717) is 31.9 Å². The summed E-state index contributed by atoms with van der Waals surface area (Å²) < 4.78 is 50.8. The van der Waals surface area contributed by atoms with Crippen LogP contribution in [0.3, 0.4) is 0 Å². The largest absolute Gasteiger partial charge is 0.487 e. The van der Waals surface area contributed by atoms with Crippen molar-refractivity contribution in [2.45, 2.75) is 26.0 Å². The first kappa shape index (κ1) is 28.8. The molecule has 11 heteroatoms. The third kappa shape index (κ3) is 6.28. The third-order valence-electron chi connectivity index (χ3n) is 7.37. The molecule has 0 aliphatic carbocycles. The summed E-state index contributed by atoms with van der Waals surface area (Å²) in [4.78, 5) is 23.2. The maximum absolute atomic E-state index is 15.7. The van der Waals surface area contributed by atoms with E-state index in [1.54, 1.807) is 15.7 Å². The van der Waals surface area contributed by atoms with Crippen LogP contribution in [0.2, 0.25) is 0 Å². The van der Waals surface area contributed by atoms with Crippen LogP contribution in [0.5, 0.6) is 5.75 Å². The molecular formula is C30H31ClF3N5O2. The Hall–Kier alpha value is -3.76. The van der Waals surface area contributed by atoms with Crippen molar-refractivity contribution in [2.24, 2.45) is 0 Å². The van der Waals surface area contributed by atoms with Gasteiger partial charge in [-0.15, -0.1) is 8.78 Å². The zero-order valence-electron chi connectivity index (χ0n) is 22.9. The molecule has 1 fully saturated rings. The molecule has 1 aliphatic heterocycles. The van der Waals surface area contributed by atoms with Crippen molar-refractivity contribution >= 4 is 34.0 Å². The lowest BCUT2D eigenvalue weighted by molar-refractivity contribution is -0.0954. The van der Waals surface area contributed by atoms with Crippen molar-refractivity contribution < 1.29 is 17.9 Å². The number of halogens is 4. The van der Waals surface area contributed by atoms with Gasteiger partial charge in [0.25, 0.3) is 0 Å². The summed E-state index contributed by atoms with van der Waals surface area (Å²) in [5, 5.41) is -0.0935. The average molecular weight is 586 g/mol. The van der Waals surface area contributed by atoms with Gasteiger partial charge in [-0.25, -0.2) is 9.37 Å². The zero-order chi connectivity index (χ0) is 29.1. The molecule has 0 bridgehead atoms. The highest BCUT2D eigenvalue weighted by Gasteiger charge is 2.34. The Balaban J connectivity index is 1.60. The summed E-state index contributed by atoms with van der Waals surface area (Å²) in [6.07, 6.45) is 3.17. The van der Waals surface area contributed by atoms with Crippen LogP contribution < -0.4 is 20.0 Å². The SMILES string of the molecule is CCN(CC)Cc1ccc(-n2ccc(=O)c3cc(F)c(N4CCN(c5ccccn5)CC4)c(OC(F)(F)Cl)c32)cc1. The molecule has 5 rings (SSSR count). The number of fused-ring (bicyclic) bond motifs is 1. The van der Waals surface area contributed by atoms with Gasteiger partial charge >= 0.3 is 5.57 Å². The monoisotopic (exact) mass is 585 g/mol. The molecule has 7 nitrogen and oxygen atoms in total. The highest BCUT2D eigenvalue weighted by molar-refractivity contribution is 6.21. The molecule has 1 aliphatic rings. The van der Waals surface area contributed by atoms with Gasteiger partial charge < -0.3 is 19.1 Å². The van der Waals surface area contributed by atoms with Gasteiger partial charge in [0.15, 0.2) is 17.0 Å². The Morgan fingerprint density at radius 3 is 2.29 bits per heavy atom. The Kier molecular flexibility index (Phi) is 8.42. The molecule has 0 spiro atoms. The maximum Gasteiger partial charge on any atom is 0.487 e. The lowest BCUT2D eigenvalue weighted by atomic mass is 10.1. The number of pyridine rings is 2. The molecule has 0 N–H and O–H groups in total. The van der Waals surface area contributed by atoms with Gasteiger partial charge in [-0.3, -0.25) is 9.69 Å². The van der Waals surface area contributed by atoms with E-state index < -0.39 is 22.6 Å². The Labute approximate surface area is 241 Å². The van der Waals surface area contributed by atoms with Gasteiger partial charge in [-0.05, 0) is 49.0 Å². The van der Waals surface area contributed by atoms with Gasteiger partial charge in [0.1, 0.15) is 17.0 Å². The predicted octanol–water partition coefficient (Wildman–Crippen LogP) is 5.86. The number of anilines is 2. The number of piperazine rings is 1. The van der Waals surface area contributed by atoms with E-state index in [-0.39, 0.29) is 16.6 Å². The molecule has 0 unspecified atom stereocenters. The predicted molar refractivity (Wildman–Crippen MR) is 156 cm³/mol. The number of ether oxygens (including phenoxy) is 1. The van der Waals surface area contributed by atoms with Crippen LogP contribution in [-0.2, 0) is 6.54 Å². The van der Waals surface area contributed by atoms with Crippen LogP contribution in [0.1, 0.15) is 19.4 Å². The number of hydrogen-bond acceptors (Lipinski definition) is 6. The molecule has 0 amide bonds. The smallest absolute Gasteiger partial charge is 0.415 e. The second-order valence-corrected chi connectivity index (χ2v) is 10.3. The highest BCUT2D eigenvalue weighted by Crippen LogP contribution is 2.42. The first-order chi connectivity index (χ1) is 19.7. The molecule has 0 atom stereocenters. The molecule has 2 aromatic heterocycles. The number of alkyl halides is 3. The van der Waals surface area contributed by atoms with Crippen molar-refractivity contribution in [2.75, 3.05) is 49.1 Å². The van der Waals surface area contributed by atoms with Crippen LogP contribution in [0.15, 0.2) is 71.8 Å². The molecule has 41 heavy (non-hydrogen) atoms. The lowest BCUT2D eigenvalue weighted by Crippen LogP contribution is -2.47. The highest BCUT2D eigenvalue weighted by atomic mass is 35.5. The zero-order valence-corrected chi connectivity index (χ0v) is 23.6. The van der Waals surface area contributed by atoms with E-state index in [0.717, 1.165) is 37.1 Å². The quantitative estimate of drug-likeness (QED) is 0.229. The number of aromatic nitrogens is 2. The van der Waals surface area contributed by atoms with E-state index in [1.165, 1.54) is 12.3 Å². The molecule has 3 heterocycles. The third-order valence-corrected chi connectivity index (χ3v) is 7.44. The Morgan fingerprint density at radius 2 is 1.68 bits per heavy atom. The molecule has 1 saturated heterocycles. The minimum Gasteiger partial charge on any atom is -0.415 e. The Morgan fingerprint density at radius 1 is 1.00 bits per heavy atom. The fourth-order valence-electron chi connectivity index (χ4n) is 5.23. The molecule has 4 aromatic rings.